The normalized spacial score (nSPS) is 18.9. The van der Waals surface area contributed by atoms with Gasteiger partial charge in [0.1, 0.15) is 5.65 Å². The number of nitrogens with zero attached hydrogens (tertiary/aromatic N) is 4. The van der Waals surface area contributed by atoms with Crippen molar-refractivity contribution in [2.45, 2.75) is 32.9 Å². The highest BCUT2D eigenvalue weighted by atomic mass is 16.3. The van der Waals surface area contributed by atoms with Crippen LogP contribution < -0.4 is 0 Å². The van der Waals surface area contributed by atoms with Gasteiger partial charge in [0.25, 0.3) is 0 Å². The zero-order valence-corrected chi connectivity index (χ0v) is 13.6. The van der Waals surface area contributed by atoms with Crippen molar-refractivity contribution in [2.24, 2.45) is 0 Å². The number of hydrogen-bond donors (Lipinski definition) is 1. The van der Waals surface area contributed by atoms with E-state index in [2.05, 4.69) is 51.4 Å². The number of fused-ring (bicyclic) bond motifs is 1. The second kappa shape index (κ2) is 6.77. The van der Waals surface area contributed by atoms with Crippen LogP contribution in [0.4, 0.5) is 0 Å². The number of aryl methyl sites for hydroxylation is 1. The maximum absolute atomic E-state index is 9.44. The van der Waals surface area contributed by atoms with E-state index in [-0.39, 0.29) is 6.61 Å². The first-order valence-corrected chi connectivity index (χ1v) is 8.22. The van der Waals surface area contributed by atoms with E-state index in [9.17, 15) is 5.11 Å². The first kappa shape index (κ1) is 15.5. The second-order valence-corrected chi connectivity index (χ2v) is 6.13. The van der Waals surface area contributed by atoms with Crippen LogP contribution in [0.5, 0.6) is 0 Å². The topological polar surface area (TPSA) is 44.0 Å². The Bertz CT molecular complexity index is 612. The summed E-state index contributed by atoms with van der Waals surface area (Å²) in [5.74, 6) is 0. The Kier molecular flexibility index (Phi) is 4.76. The highest BCUT2D eigenvalue weighted by Gasteiger charge is 2.23. The second-order valence-electron chi connectivity index (χ2n) is 6.13. The third-order valence-electron chi connectivity index (χ3n) is 4.81. The molecular formula is C17H26N4O. The van der Waals surface area contributed by atoms with E-state index in [1.807, 2.05) is 6.07 Å². The highest BCUT2D eigenvalue weighted by molar-refractivity contribution is 5.42. The molecule has 2 aromatic heterocycles. The molecule has 0 bridgehead atoms. The van der Waals surface area contributed by atoms with Gasteiger partial charge in [-0.2, -0.15) is 0 Å². The zero-order valence-electron chi connectivity index (χ0n) is 13.6. The minimum Gasteiger partial charge on any atom is -0.395 e. The fourth-order valence-corrected chi connectivity index (χ4v) is 3.36. The summed E-state index contributed by atoms with van der Waals surface area (Å²) in [6, 6.07) is 6.47. The van der Waals surface area contributed by atoms with Crippen LogP contribution in [0, 0.1) is 6.92 Å². The number of rotatable bonds is 5. The molecular weight excluding hydrogens is 276 g/mol. The van der Waals surface area contributed by atoms with Crippen LogP contribution in [-0.2, 0) is 6.54 Å². The smallest absolute Gasteiger partial charge is 0.137 e. The lowest BCUT2D eigenvalue weighted by molar-refractivity contribution is 0.0602. The number of aromatic nitrogens is 2. The molecule has 5 heteroatoms. The minimum absolute atomic E-state index is 0.267. The lowest BCUT2D eigenvalue weighted by atomic mass is 10.1. The lowest BCUT2D eigenvalue weighted by Gasteiger charge is -2.38. The molecule has 5 nitrogen and oxygen atoms in total. The molecule has 0 radical (unpaired) electrons. The molecule has 0 spiro atoms. The van der Waals surface area contributed by atoms with Crippen molar-refractivity contribution in [3.63, 3.8) is 0 Å². The van der Waals surface area contributed by atoms with Gasteiger partial charge in [0.15, 0.2) is 0 Å². The van der Waals surface area contributed by atoms with Gasteiger partial charge >= 0.3 is 0 Å². The van der Waals surface area contributed by atoms with Crippen molar-refractivity contribution in [3.8, 4) is 0 Å². The quantitative estimate of drug-likeness (QED) is 0.910. The Morgan fingerprint density at radius 1 is 1.23 bits per heavy atom. The van der Waals surface area contributed by atoms with Crippen LogP contribution >= 0.6 is 0 Å². The monoisotopic (exact) mass is 302 g/mol. The van der Waals surface area contributed by atoms with E-state index < -0.39 is 0 Å². The number of piperazine rings is 1. The van der Waals surface area contributed by atoms with Crippen LogP contribution in [0.1, 0.15) is 24.7 Å². The van der Waals surface area contributed by atoms with Gasteiger partial charge in [-0.3, -0.25) is 9.80 Å². The Hall–Kier alpha value is -1.43. The maximum Gasteiger partial charge on any atom is 0.137 e. The minimum atomic E-state index is 0.267. The summed E-state index contributed by atoms with van der Waals surface area (Å²) in [5.41, 5.74) is 3.44. The number of imidazole rings is 1. The SMILES string of the molecule is CCC(CO)N1CCN(Cc2c(C)nc3ccccn23)CC1. The van der Waals surface area contributed by atoms with Gasteiger partial charge in [-0.25, -0.2) is 4.98 Å². The van der Waals surface area contributed by atoms with Gasteiger partial charge in [-0.1, -0.05) is 13.0 Å². The molecule has 1 fully saturated rings. The van der Waals surface area contributed by atoms with Gasteiger partial charge in [0.05, 0.1) is 18.0 Å². The average Bonchev–Trinajstić information content (AvgIpc) is 2.86. The van der Waals surface area contributed by atoms with Crippen molar-refractivity contribution in [1.82, 2.24) is 19.2 Å². The third-order valence-corrected chi connectivity index (χ3v) is 4.81. The fraction of sp³-hybridized carbons (Fsp3) is 0.588. The van der Waals surface area contributed by atoms with Crippen LogP contribution in [0.15, 0.2) is 24.4 Å². The van der Waals surface area contributed by atoms with Crippen molar-refractivity contribution >= 4 is 5.65 Å². The van der Waals surface area contributed by atoms with Crippen molar-refractivity contribution in [2.75, 3.05) is 32.8 Å². The van der Waals surface area contributed by atoms with Crippen LogP contribution in [0.3, 0.4) is 0 Å². The zero-order chi connectivity index (χ0) is 15.5. The van der Waals surface area contributed by atoms with Gasteiger partial charge in [-0.15, -0.1) is 0 Å². The van der Waals surface area contributed by atoms with Gasteiger partial charge in [0, 0.05) is 45.0 Å². The van der Waals surface area contributed by atoms with Crippen LogP contribution in [0.2, 0.25) is 0 Å². The molecule has 0 aromatic carbocycles. The standard InChI is InChI=1S/C17H26N4O/c1-3-15(13-22)20-10-8-19(9-11-20)12-16-14(2)18-17-6-4-5-7-21(16)17/h4-7,15,22H,3,8-13H2,1-2H3. The summed E-state index contributed by atoms with van der Waals surface area (Å²) in [5, 5.41) is 9.44. The van der Waals surface area contributed by atoms with E-state index in [1.165, 1.54) is 5.69 Å². The summed E-state index contributed by atoms with van der Waals surface area (Å²) in [6.07, 6.45) is 3.11. The number of pyridine rings is 1. The first-order valence-electron chi connectivity index (χ1n) is 8.22. The Balaban J connectivity index is 1.66. The summed E-state index contributed by atoms with van der Waals surface area (Å²) in [4.78, 5) is 9.55. The molecule has 1 saturated heterocycles. The molecule has 22 heavy (non-hydrogen) atoms. The molecule has 1 aliphatic rings. The molecule has 2 aromatic rings. The van der Waals surface area contributed by atoms with E-state index in [0.717, 1.165) is 50.5 Å². The molecule has 0 aliphatic carbocycles. The predicted molar refractivity (Wildman–Crippen MR) is 87.9 cm³/mol. The molecule has 1 unspecified atom stereocenters. The largest absolute Gasteiger partial charge is 0.395 e. The number of hydrogen-bond acceptors (Lipinski definition) is 4. The molecule has 3 heterocycles. The Morgan fingerprint density at radius 3 is 2.68 bits per heavy atom. The molecule has 0 saturated carbocycles. The number of aliphatic hydroxyl groups is 1. The summed E-state index contributed by atoms with van der Waals surface area (Å²) >= 11 is 0. The molecule has 1 N–H and O–H groups in total. The van der Waals surface area contributed by atoms with E-state index in [0.29, 0.717) is 6.04 Å². The summed E-state index contributed by atoms with van der Waals surface area (Å²) in [7, 11) is 0. The average molecular weight is 302 g/mol. The van der Waals surface area contributed by atoms with E-state index in [1.54, 1.807) is 0 Å². The van der Waals surface area contributed by atoms with Gasteiger partial charge in [0.2, 0.25) is 0 Å². The highest BCUT2D eigenvalue weighted by Crippen LogP contribution is 2.16. The predicted octanol–water partition coefficient (Wildman–Crippen LogP) is 1.53. The van der Waals surface area contributed by atoms with Gasteiger partial charge < -0.3 is 9.51 Å². The van der Waals surface area contributed by atoms with E-state index >= 15 is 0 Å². The summed E-state index contributed by atoms with van der Waals surface area (Å²) < 4.78 is 2.20. The van der Waals surface area contributed by atoms with Crippen LogP contribution in [0.25, 0.3) is 5.65 Å². The Labute approximate surface area is 132 Å². The van der Waals surface area contributed by atoms with Crippen molar-refractivity contribution in [1.29, 1.82) is 0 Å². The molecule has 1 aliphatic heterocycles. The van der Waals surface area contributed by atoms with E-state index in [4.69, 9.17) is 0 Å². The van der Waals surface area contributed by atoms with Crippen molar-refractivity contribution in [3.05, 3.63) is 35.8 Å². The maximum atomic E-state index is 9.44. The third kappa shape index (κ3) is 3.02. The molecule has 0 amide bonds. The van der Waals surface area contributed by atoms with Crippen molar-refractivity contribution < 1.29 is 5.11 Å². The lowest BCUT2D eigenvalue weighted by Crippen LogP contribution is -2.50. The number of aliphatic hydroxyl groups excluding tert-OH is 1. The van der Waals surface area contributed by atoms with Crippen LogP contribution in [-0.4, -0.2) is 63.1 Å². The Morgan fingerprint density at radius 2 is 2.00 bits per heavy atom. The fourth-order valence-electron chi connectivity index (χ4n) is 3.36. The molecule has 120 valence electrons. The first-order chi connectivity index (χ1) is 10.7. The molecule has 3 rings (SSSR count). The molecule has 1 atom stereocenters. The summed E-state index contributed by atoms with van der Waals surface area (Å²) in [6.45, 7) is 9.63. The van der Waals surface area contributed by atoms with Gasteiger partial charge in [-0.05, 0) is 25.5 Å².